The van der Waals surface area contributed by atoms with Crippen molar-refractivity contribution in [3.05, 3.63) is 0 Å². The normalized spacial score (nSPS) is 26.4. The standard InChI is InChI=1S/C11H20N2O3/c1-3-4-8(11(15)16)13-10(14)9-7(2)5-6-12-9/h7-9,12H,3-6H2,1-2H3,(H,13,14)(H,15,16)/t7?,8-,9?/m1/s1. The molecule has 1 rings (SSSR count). The second-order valence-electron chi connectivity index (χ2n) is 4.39. The van der Waals surface area contributed by atoms with E-state index in [2.05, 4.69) is 10.6 Å². The van der Waals surface area contributed by atoms with Crippen LogP contribution in [0.2, 0.25) is 0 Å². The molecular formula is C11H20N2O3. The van der Waals surface area contributed by atoms with E-state index in [0.717, 1.165) is 19.4 Å². The molecule has 1 aliphatic rings. The van der Waals surface area contributed by atoms with Crippen molar-refractivity contribution < 1.29 is 14.7 Å². The Balaban J connectivity index is 2.50. The lowest BCUT2D eigenvalue weighted by molar-refractivity contribution is -0.142. The summed E-state index contributed by atoms with van der Waals surface area (Å²) in [6.45, 7) is 4.73. The fourth-order valence-electron chi connectivity index (χ4n) is 1.99. The smallest absolute Gasteiger partial charge is 0.326 e. The molecule has 92 valence electrons. The van der Waals surface area contributed by atoms with Crippen molar-refractivity contribution in [3.8, 4) is 0 Å². The Morgan fingerprint density at radius 3 is 2.69 bits per heavy atom. The van der Waals surface area contributed by atoms with Gasteiger partial charge in [-0.05, 0) is 25.3 Å². The summed E-state index contributed by atoms with van der Waals surface area (Å²) < 4.78 is 0. The zero-order chi connectivity index (χ0) is 12.1. The Labute approximate surface area is 95.6 Å². The van der Waals surface area contributed by atoms with Gasteiger partial charge in [0.05, 0.1) is 6.04 Å². The Kier molecular flexibility index (Phi) is 4.73. The molecule has 1 saturated heterocycles. The van der Waals surface area contributed by atoms with E-state index in [-0.39, 0.29) is 17.9 Å². The molecular weight excluding hydrogens is 208 g/mol. The number of aliphatic carboxylic acids is 1. The highest BCUT2D eigenvalue weighted by atomic mass is 16.4. The molecule has 0 aromatic carbocycles. The van der Waals surface area contributed by atoms with Gasteiger partial charge >= 0.3 is 5.97 Å². The molecule has 0 saturated carbocycles. The van der Waals surface area contributed by atoms with Gasteiger partial charge in [-0.25, -0.2) is 4.79 Å². The number of carboxylic acids is 1. The van der Waals surface area contributed by atoms with Crippen LogP contribution in [0.25, 0.3) is 0 Å². The molecule has 0 bridgehead atoms. The van der Waals surface area contributed by atoms with Gasteiger partial charge in [-0.15, -0.1) is 0 Å². The summed E-state index contributed by atoms with van der Waals surface area (Å²) in [6, 6.07) is -0.995. The highest BCUT2D eigenvalue weighted by Crippen LogP contribution is 2.14. The van der Waals surface area contributed by atoms with Crippen LogP contribution in [-0.4, -0.2) is 35.6 Å². The third kappa shape index (κ3) is 3.20. The molecule has 0 aromatic heterocycles. The number of hydrogen-bond donors (Lipinski definition) is 3. The van der Waals surface area contributed by atoms with Gasteiger partial charge in [0.1, 0.15) is 6.04 Å². The van der Waals surface area contributed by atoms with Crippen LogP contribution in [0.15, 0.2) is 0 Å². The highest BCUT2D eigenvalue weighted by Gasteiger charge is 2.31. The van der Waals surface area contributed by atoms with Gasteiger partial charge in [0, 0.05) is 0 Å². The lowest BCUT2D eigenvalue weighted by Crippen LogP contribution is -2.49. The van der Waals surface area contributed by atoms with Crippen molar-refractivity contribution in [3.63, 3.8) is 0 Å². The van der Waals surface area contributed by atoms with Crippen molar-refractivity contribution in [1.29, 1.82) is 0 Å². The summed E-state index contributed by atoms with van der Waals surface area (Å²) in [7, 11) is 0. The molecule has 5 heteroatoms. The molecule has 1 amide bonds. The van der Waals surface area contributed by atoms with Crippen molar-refractivity contribution in [2.75, 3.05) is 6.54 Å². The maximum absolute atomic E-state index is 11.8. The minimum atomic E-state index is -0.958. The van der Waals surface area contributed by atoms with Gasteiger partial charge in [0.25, 0.3) is 0 Å². The van der Waals surface area contributed by atoms with Gasteiger partial charge in [-0.2, -0.15) is 0 Å². The third-order valence-corrected chi connectivity index (χ3v) is 3.01. The van der Waals surface area contributed by atoms with Crippen LogP contribution in [0, 0.1) is 5.92 Å². The van der Waals surface area contributed by atoms with E-state index in [1.54, 1.807) is 0 Å². The van der Waals surface area contributed by atoms with E-state index in [9.17, 15) is 9.59 Å². The molecule has 0 aromatic rings. The maximum atomic E-state index is 11.8. The summed E-state index contributed by atoms with van der Waals surface area (Å²) in [4.78, 5) is 22.7. The molecule has 2 unspecified atom stereocenters. The van der Waals surface area contributed by atoms with Crippen molar-refractivity contribution in [2.45, 2.75) is 45.2 Å². The fourth-order valence-corrected chi connectivity index (χ4v) is 1.99. The lowest BCUT2D eigenvalue weighted by atomic mass is 10.0. The first kappa shape index (κ1) is 13.0. The monoisotopic (exact) mass is 228 g/mol. The van der Waals surface area contributed by atoms with E-state index in [4.69, 9.17) is 5.11 Å². The van der Waals surface area contributed by atoms with Crippen LogP contribution in [0.5, 0.6) is 0 Å². The Morgan fingerprint density at radius 2 is 2.25 bits per heavy atom. The molecule has 0 radical (unpaired) electrons. The van der Waals surface area contributed by atoms with Crippen molar-refractivity contribution in [2.24, 2.45) is 5.92 Å². The second kappa shape index (κ2) is 5.84. The average molecular weight is 228 g/mol. The molecule has 1 aliphatic heterocycles. The predicted molar refractivity (Wildman–Crippen MR) is 60.0 cm³/mol. The molecule has 3 atom stereocenters. The SMILES string of the molecule is CCC[C@@H](NC(=O)C1NCCC1C)C(=O)O. The van der Waals surface area contributed by atoms with E-state index < -0.39 is 12.0 Å². The van der Waals surface area contributed by atoms with Crippen LogP contribution in [0.4, 0.5) is 0 Å². The molecule has 3 N–H and O–H groups in total. The van der Waals surface area contributed by atoms with Crippen LogP contribution >= 0.6 is 0 Å². The van der Waals surface area contributed by atoms with Gasteiger partial charge in [-0.1, -0.05) is 20.3 Å². The minimum absolute atomic E-state index is 0.189. The van der Waals surface area contributed by atoms with Gasteiger partial charge < -0.3 is 15.7 Å². The zero-order valence-corrected chi connectivity index (χ0v) is 9.82. The molecule has 1 heterocycles. The lowest BCUT2D eigenvalue weighted by Gasteiger charge is -2.19. The Hall–Kier alpha value is -1.10. The molecule has 5 nitrogen and oxygen atoms in total. The van der Waals surface area contributed by atoms with Crippen molar-refractivity contribution >= 4 is 11.9 Å². The second-order valence-corrected chi connectivity index (χ2v) is 4.39. The van der Waals surface area contributed by atoms with E-state index in [0.29, 0.717) is 6.42 Å². The average Bonchev–Trinajstić information content (AvgIpc) is 2.63. The van der Waals surface area contributed by atoms with Gasteiger partial charge in [0.15, 0.2) is 0 Å². The zero-order valence-electron chi connectivity index (χ0n) is 9.82. The van der Waals surface area contributed by atoms with E-state index in [1.165, 1.54) is 0 Å². The Morgan fingerprint density at radius 1 is 1.56 bits per heavy atom. The molecule has 16 heavy (non-hydrogen) atoms. The molecule has 0 aliphatic carbocycles. The fraction of sp³-hybridized carbons (Fsp3) is 0.818. The number of amides is 1. The number of nitrogens with one attached hydrogen (secondary N) is 2. The summed E-state index contributed by atoms with van der Waals surface area (Å²) in [5.74, 6) is -0.872. The topological polar surface area (TPSA) is 78.4 Å². The van der Waals surface area contributed by atoms with Crippen LogP contribution in [0.3, 0.4) is 0 Å². The van der Waals surface area contributed by atoms with Crippen LogP contribution in [0.1, 0.15) is 33.1 Å². The van der Waals surface area contributed by atoms with Crippen molar-refractivity contribution in [1.82, 2.24) is 10.6 Å². The van der Waals surface area contributed by atoms with Crippen LogP contribution < -0.4 is 10.6 Å². The summed E-state index contributed by atoms with van der Waals surface area (Å²) >= 11 is 0. The number of rotatable bonds is 5. The first-order chi connectivity index (χ1) is 7.56. The number of carboxylic acid groups (broad SMARTS) is 1. The first-order valence-corrected chi connectivity index (χ1v) is 5.82. The van der Waals surface area contributed by atoms with Crippen LogP contribution in [-0.2, 0) is 9.59 Å². The quantitative estimate of drug-likeness (QED) is 0.634. The number of carbonyl (C=O) groups is 2. The largest absolute Gasteiger partial charge is 0.480 e. The summed E-state index contributed by atoms with van der Waals surface area (Å²) in [6.07, 6.45) is 2.18. The predicted octanol–water partition coefficient (Wildman–Crippen LogP) is 0.354. The molecule has 0 spiro atoms. The van der Waals surface area contributed by atoms with E-state index in [1.807, 2.05) is 13.8 Å². The third-order valence-electron chi connectivity index (χ3n) is 3.01. The minimum Gasteiger partial charge on any atom is -0.480 e. The summed E-state index contributed by atoms with van der Waals surface area (Å²) in [5, 5.41) is 14.6. The number of carbonyl (C=O) groups excluding carboxylic acids is 1. The van der Waals surface area contributed by atoms with Gasteiger partial charge in [-0.3, -0.25) is 4.79 Å². The highest BCUT2D eigenvalue weighted by molar-refractivity contribution is 5.87. The maximum Gasteiger partial charge on any atom is 0.326 e. The van der Waals surface area contributed by atoms with E-state index >= 15 is 0 Å². The number of hydrogen-bond acceptors (Lipinski definition) is 3. The Bertz CT molecular complexity index is 268. The van der Waals surface area contributed by atoms with Gasteiger partial charge in [0.2, 0.25) is 5.91 Å². The molecule has 1 fully saturated rings. The first-order valence-electron chi connectivity index (χ1n) is 5.82. The summed E-state index contributed by atoms with van der Waals surface area (Å²) in [5.41, 5.74) is 0.